The van der Waals surface area contributed by atoms with Gasteiger partial charge in [-0.1, -0.05) is 25.0 Å². The first-order chi connectivity index (χ1) is 12.9. The third-order valence-electron chi connectivity index (χ3n) is 4.52. The Morgan fingerprint density at radius 3 is 2.59 bits per heavy atom. The van der Waals surface area contributed by atoms with Crippen LogP contribution in [-0.2, 0) is 10.0 Å². The molecule has 0 unspecified atom stereocenters. The molecule has 0 bridgehead atoms. The minimum absolute atomic E-state index is 0.0192. The lowest BCUT2D eigenvalue weighted by molar-refractivity contribution is 0.0954. The molecule has 1 N–H and O–H groups in total. The number of hydrogen-bond acceptors (Lipinski definition) is 4. The molecule has 1 aromatic heterocycles. The van der Waals surface area contributed by atoms with E-state index in [9.17, 15) is 13.2 Å². The predicted molar refractivity (Wildman–Crippen MR) is 104 cm³/mol. The van der Waals surface area contributed by atoms with Gasteiger partial charge < -0.3 is 0 Å². The largest absolute Gasteiger partial charge is 0.268 e. The summed E-state index contributed by atoms with van der Waals surface area (Å²) in [5.41, 5.74) is 0.843. The number of carbonyl (C=O) groups excluding carboxylic acids is 1. The molecule has 0 spiro atoms. The van der Waals surface area contributed by atoms with Gasteiger partial charge in [0.1, 0.15) is 5.49 Å². The number of carbonyl (C=O) groups is 1. The highest BCUT2D eigenvalue weighted by atomic mass is 32.2. The Balaban J connectivity index is 1.93. The summed E-state index contributed by atoms with van der Waals surface area (Å²) >= 11 is 0. The number of aromatic nitrogens is 1. The summed E-state index contributed by atoms with van der Waals surface area (Å²) < 4.78 is 29.5. The molecule has 1 fully saturated rings. The molecule has 1 aromatic carbocycles. The average Bonchev–Trinajstić information content (AvgIpc) is 3.13. The zero-order valence-corrected chi connectivity index (χ0v) is 16.4. The van der Waals surface area contributed by atoms with Crippen molar-refractivity contribution in [2.24, 2.45) is 4.99 Å². The molecule has 0 radical (unpaired) electrons. The maximum absolute atomic E-state index is 13.0. The van der Waals surface area contributed by atoms with E-state index < -0.39 is 10.0 Å². The van der Waals surface area contributed by atoms with E-state index in [-0.39, 0.29) is 22.9 Å². The van der Waals surface area contributed by atoms with Crippen molar-refractivity contribution in [3.63, 3.8) is 0 Å². The van der Waals surface area contributed by atoms with Crippen molar-refractivity contribution < 1.29 is 13.2 Å². The Kier molecular flexibility index (Phi) is 5.92. The summed E-state index contributed by atoms with van der Waals surface area (Å²) in [4.78, 5) is 17.5. The molecule has 0 atom stereocenters. The predicted octanol–water partition coefficient (Wildman–Crippen LogP) is 2.71. The number of rotatable bonds is 5. The summed E-state index contributed by atoms with van der Waals surface area (Å²) in [5.74, 6) is -0.312. The SMILES string of the molecule is CC(C)N=c1ccccn1C(=O)c1cccc(S(=O)(=O)NC2CCCC2)c1. The number of pyridine rings is 1. The van der Waals surface area contributed by atoms with E-state index in [1.54, 1.807) is 30.5 Å². The van der Waals surface area contributed by atoms with Crippen molar-refractivity contribution in [2.75, 3.05) is 0 Å². The van der Waals surface area contributed by atoms with Crippen LogP contribution in [0.4, 0.5) is 0 Å². The molecule has 0 amide bonds. The van der Waals surface area contributed by atoms with Gasteiger partial charge in [0.2, 0.25) is 10.0 Å². The van der Waals surface area contributed by atoms with Gasteiger partial charge in [-0.25, -0.2) is 13.1 Å². The molecule has 1 aliphatic rings. The molecule has 7 heteroatoms. The van der Waals surface area contributed by atoms with Crippen molar-refractivity contribution in [3.05, 3.63) is 59.7 Å². The summed E-state index contributed by atoms with van der Waals surface area (Å²) in [6.45, 7) is 3.87. The topological polar surface area (TPSA) is 80.5 Å². The Labute approximate surface area is 160 Å². The summed E-state index contributed by atoms with van der Waals surface area (Å²) in [6.07, 6.45) is 5.44. The Morgan fingerprint density at radius 1 is 1.15 bits per heavy atom. The van der Waals surface area contributed by atoms with Gasteiger partial charge >= 0.3 is 0 Å². The number of nitrogens with one attached hydrogen (secondary N) is 1. The van der Waals surface area contributed by atoms with Gasteiger partial charge in [-0.2, -0.15) is 0 Å². The maximum atomic E-state index is 13.0. The standard InChI is InChI=1S/C20H25N3O3S/c1-15(2)21-19-12-5-6-13-23(19)20(24)16-8-7-11-18(14-16)27(25,26)22-17-9-3-4-10-17/h5-8,11-15,17,22H,3-4,9-10H2,1-2H3. The minimum atomic E-state index is -3.65. The van der Waals surface area contributed by atoms with Crippen LogP contribution in [0, 0.1) is 0 Å². The van der Waals surface area contributed by atoms with E-state index in [2.05, 4.69) is 9.71 Å². The summed E-state index contributed by atoms with van der Waals surface area (Å²) in [7, 11) is -3.65. The molecule has 1 aliphatic carbocycles. The number of hydrogen-bond donors (Lipinski definition) is 1. The highest BCUT2D eigenvalue weighted by molar-refractivity contribution is 7.89. The van der Waals surface area contributed by atoms with Gasteiger partial charge in [0.25, 0.3) is 5.91 Å². The van der Waals surface area contributed by atoms with Crippen molar-refractivity contribution >= 4 is 15.9 Å². The van der Waals surface area contributed by atoms with E-state index in [1.807, 2.05) is 19.9 Å². The van der Waals surface area contributed by atoms with Crippen molar-refractivity contribution in [2.45, 2.75) is 56.5 Å². The Hall–Kier alpha value is -2.25. The van der Waals surface area contributed by atoms with E-state index in [4.69, 9.17) is 0 Å². The zero-order chi connectivity index (χ0) is 19.4. The molecule has 0 saturated heterocycles. The monoisotopic (exact) mass is 387 g/mol. The van der Waals surface area contributed by atoms with Gasteiger partial charge in [-0.3, -0.25) is 14.4 Å². The van der Waals surface area contributed by atoms with Gasteiger partial charge in [-0.05, 0) is 57.0 Å². The van der Waals surface area contributed by atoms with Crippen LogP contribution in [-0.4, -0.2) is 31.0 Å². The first-order valence-corrected chi connectivity index (χ1v) is 10.7. The van der Waals surface area contributed by atoms with Crippen LogP contribution < -0.4 is 10.2 Å². The van der Waals surface area contributed by atoms with Crippen LogP contribution >= 0.6 is 0 Å². The molecule has 1 heterocycles. The Bertz CT molecular complexity index is 987. The van der Waals surface area contributed by atoms with Crippen LogP contribution in [0.3, 0.4) is 0 Å². The van der Waals surface area contributed by atoms with Gasteiger partial charge in [0.05, 0.1) is 4.90 Å². The van der Waals surface area contributed by atoms with Gasteiger partial charge in [-0.15, -0.1) is 0 Å². The molecular formula is C20H25N3O3S. The van der Waals surface area contributed by atoms with Crippen LogP contribution in [0.5, 0.6) is 0 Å². The number of nitrogens with zero attached hydrogens (tertiary/aromatic N) is 2. The molecule has 0 aliphatic heterocycles. The fraction of sp³-hybridized carbons (Fsp3) is 0.400. The van der Waals surface area contributed by atoms with Crippen LogP contribution in [0.15, 0.2) is 58.5 Å². The maximum Gasteiger partial charge on any atom is 0.263 e. The highest BCUT2D eigenvalue weighted by Crippen LogP contribution is 2.21. The molecule has 27 heavy (non-hydrogen) atoms. The fourth-order valence-electron chi connectivity index (χ4n) is 3.24. The number of sulfonamides is 1. The van der Waals surface area contributed by atoms with E-state index in [0.29, 0.717) is 11.1 Å². The van der Waals surface area contributed by atoms with Crippen LogP contribution in [0.25, 0.3) is 0 Å². The van der Waals surface area contributed by atoms with Crippen molar-refractivity contribution in [1.29, 1.82) is 0 Å². The first kappa shape index (κ1) is 19.5. The minimum Gasteiger partial charge on any atom is -0.268 e. The van der Waals surface area contributed by atoms with Crippen LogP contribution in [0.2, 0.25) is 0 Å². The lowest BCUT2D eigenvalue weighted by Crippen LogP contribution is -2.33. The number of benzene rings is 1. The molecule has 1 saturated carbocycles. The van der Waals surface area contributed by atoms with Gasteiger partial charge in [0, 0.05) is 23.8 Å². The Morgan fingerprint density at radius 2 is 1.89 bits per heavy atom. The van der Waals surface area contributed by atoms with E-state index >= 15 is 0 Å². The molecule has 3 rings (SSSR count). The lowest BCUT2D eigenvalue weighted by atomic mass is 10.2. The highest BCUT2D eigenvalue weighted by Gasteiger charge is 2.23. The molecular weight excluding hydrogens is 362 g/mol. The third kappa shape index (κ3) is 4.73. The van der Waals surface area contributed by atoms with E-state index in [1.165, 1.54) is 16.7 Å². The summed E-state index contributed by atoms with van der Waals surface area (Å²) in [6, 6.07) is 11.5. The van der Waals surface area contributed by atoms with Gasteiger partial charge in [0.15, 0.2) is 0 Å². The van der Waals surface area contributed by atoms with E-state index in [0.717, 1.165) is 25.7 Å². The third-order valence-corrected chi connectivity index (χ3v) is 6.03. The normalized spacial score (nSPS) is 16.2. The fourth-order valence-corrected chi connectivity index (χ4v) is 4.59. The van der Waals surface area contributed by atoms with Crippen LogP contribution in [0.1, 0.15) is 49.9 Å². The first-order valence-electron chi connectivity index (χ1n) is 9.25. The second-order valence-electron chi connectivity index (χ2n) is 7.09. The molecule has 144 valence electrons. The molecule has 6 nitrogen and oxygen atoms in total. The molecule has 2 aromatic rings. The average molecular weight is 388 g/mol. The summed E-state index contributed by atoms with van der Waals surface area (Å²) in [5, 5.41) is 0. The zero-order valence-electron chi connectivity index (χ0n) is 15.6. The quantitative estimate of drug-likeness (QED) is 0.856. The van der Waals surface area contributed by atoms with Crippen molar-refractivity contribution in [3.8, 4) is 0 Å². The van der Waals surface area contributed by atoms with Crippen molar-refractivity contribution in [1.82, 2.24) is 9.29 Å². The lowest BCUT2D eigenvalue weighted by Gasteiger charge is -2.13. The smallest absolute Gasteiger partial charge is 0.263 e. The second-order valence-corrected chi connectivity index (χ2v) is 8.80. The second kappa shape index (κ2) is 8.19.